The quantitative estimate of drug-likeness (QED) is 0.916. The van der Waals surface area contributed by atoms with E-state index in [2.05, 4.69) is 58.3 Å². The van der Waals surface area contributed by atoms with E-state index in [0.29, 0.717) is 6.04 Å². The molecule has 0 saturated carbocycles. The standard InChI is InChI=1S/C14H21BrN2/c1-11-9-12(15)6-7-14(11)16-10-13-5-3-4-8-17(13)2/h6-7,9,13,16H,3-5,8,10H2,1-2H3. The fourth-order valence-electron chi connectivity index (χ4n) is 2.46. The van der Waals surface area contributed by atoms with Crippen molar-refractivity contribution in [3.05, 3.63) is 28.2 Å². The van der Waals surface area contributed by atoms with Crippen LogP contribution in [0.4, 0.5) is 5.69 Å². The number of hydrogen-bond donors (Lipinski definition) is 1. The largest absolute Gasteiger partial charge is 0.383 e. The Balaban J connectivity index is 1.92. The summed E-state index contributed by atoms with van der Waals surface area (Å²) >= 11 is 3.50. The van der Waals surface area contributed by atoms with Crippen molar-refractivity contribution >= 4 is 21.6 Å². The van der Waals surface area contributed by atoms with Crippen molar-refractivity contribution in [3.8, 4) is 0 Å². The van der Waals surface area contributed by atoms with Gasteiger partial charge in [0.1, 0.15) is 0 Å². The van der Waals surface area contributed by atoms with Crippen LogP contribution in [0.5, 0.6) is 0 Å². The van der Waals surface area contributed by atoms with Crippen LogP contribution >= 0.6 is 15.9 Å². The highest BCUT2D eigenvalue weighted by molar-refractivity contribution is 9.10. The van der Waals surface area contributed by atoms with Crippen LogP contribution in [0, 0.1) is 6.92 Å². The van der Waals surface area contributed by atoms with E-state index < -0.39 is 0 Å². The summed E-state index contributed by atoms with van der Waals surface area (Å²) in [6, 6.07) is 7.10. The molecule has 3 heteroatoms. The molecule has 1 fully saturated rings. The van der Waals surface area contributed by atoms with E-state index in [1.807, 2.05) is 0 Å². The van der Waals surface area contributed by atoms with Gasteiger partial charge in [0.15, 0.2) is 0 Å². The van der Waals surface area contributed by atoms with E-state index in [4.69, 9.17) is 0 Å². The lowest BCUT2D eigenvalue weighted by atomic mass is 10.0. The smallest absolute Gasteiger partial charge is 0.0371 e. The minimum absolute atomic E-state index is 0.687. The van der Waals surface area contributed by atoms with Gasteiger partial charge < -0.3 is 10.2 Å². The SMILES string of the molecule is Cc1cc(Br)ccc1NCC1CCCCN1C. The van der Waals surface area contributed by atoms with Gasteiger partial charge in [-0.1, -0.05) is 22.4 Å². The summed E-state index contributed by atoms with van der Waals surface area (Å²) in [6.45, 7) is 4.45. The van der Waals surface area contributed by atoms with E-state index in [1.54, 1.807) is 0 Å². The van der Waals surface area contributed by atoms with E-state index in [-0.39, 0.29) is 0 Å². The van der Waals surface area contributed by atoms with Crippen molar-refractivity contribution in [2.45, 2.75) is 32.2 Å². The van der Waals surface area contributed by atoms with Gasteiger partial charge in [-0.05, 0) is 57.1 Å². The molecule has 1 saturated heterocycles. The van der Waals surface area contributed by atoms with Crippen molar-refractivity contribution in [2.75, 3.05) is 25.5 Å². The summed E-state index contributed by atoms with van der Waals surface area (Å²) in [5.74, 6) is 0. The van der Waals surface area contributed by atoms with Crippen molar-refractivity contribution in [2.24, 2.45) is 0 Å². The third kappa shape index (κ3) is 3.46. The van der Waals surface area contributed by atoms with Crippen LogP contribution in [-0.2, 0) is 0 Å². The molecule has 0 bridgehead atoms. The molecular weight excluding hydrogens is 276 g/mol. The molecule has 0 amide bonds. The van der Waals surface area contributed by atoms with Crippen molar-refractivity contribution in [1.82, 2.24) is 4.90 Å². The molecule has 2 nitrogen and oxygen atoms in total. The molecule has 1 aromatic carbocycles. The lowest BCUT2D eigenvalue weighted by Crippen LogP contribution is -2.40. The molecule has 1 aliphatic heterocycles. The highest BCUT2D eigenvalue weighted by Gasteiger charge is 2.18. The summed E-state index contributed by atoms with van der Waals surface area (Å²) in [5, 5.41) is 3.58. The summed E-state index contributed by atoms with van der Waals surface area (Å²) in [5.41, 5.74) is 2.56. The van der Waals surface area contributed by atoms with Gasteiger partial charge in [0.2, 0.25) is 0 Å². The Morgan fingerprint density at radius 1 is 1.41 bits per heavy atom. The number of aryl methyl sites for hydroxylation is 1. The number of anilines is 1. The predicted molar refractivity (Wildman–Crippen MR) is 77.6 cm³/mol. The van der Waals surface area contributed by atoms with Gasteiger partial charge in [-0.2, -0.15) is 0 Å². The Morgan fingerprint density at radius 3 is 2.94 bits per heavy atom. The summed E-state index contributed by atoms with van der Waals surface area (Å²) < 4.78 is 1.15. The first-order valence-corrected chi connectivity index (χ1v) is 7.16. The zero-order valence-electron chi connectivity index (χ0n) is 10.7. The Labute approximate surface area is 113 Å². The van der Waals surface area contributed by atoms with Crippen LogP contribution < -0.4 is 5.32 Å². The first-order valence-electron chi connectivity index (χ1n) is 6.37. The van der Waals surface area contributed by atoms with Crippen molar-refractivity contribution in [3.63, 3.8) is 0 Å². The summed E-state index contributed by atoms with van der Waals surface area (Å²) in [4.78, 5) is 2.48. The molecule has 1 heterocycles. The number of halogens is 1. The van der Waals surface area contributed by atoms with Crippen LogP contribution in [0.15, 0.2) is 22.7 Å². The first kappa shape index (κ1) is 12.9. The molecule has 1 atom stereocenters. The molecule has 94 valence electrons. The second-order valence-corrected chi connectivity index (χ2v) is 5.89. The highest BCUT2D eigenvalue weighted by Crippen LogP contribution is 2.21. The maximum absolute atomic E-state index is 3.58. The topological polar surface area (TPSA) is 15.3 Å². The van der Waals surface area contributed by atoms with Gasteiger partial charge in [0.25, 0.3) is 0 Å². The van der Waals surface area contributed by atoms with E-state index in [0.717, 1.165) is 11.0 Å². The number of likely N-dealkylation sites (N-methyl/N-ethyl adjacent to an activating group) is 1. The summed E-state index contributed by atoms with van der Waals surface area (Å²) in [6.07, 6.45) is 4.04. The molecule has 0 spiro atoms. The average molecular weight is 297 g/mol. The third-order valence-electron chi connectivity index (χ3n) is 3.64. The predicted octanol–water partition coefficient (Wildman–Crippen LogP) is 3.65. The van der Waals surface area contributed by atoms with E-state index in [1.165, 1.54) is 37.1 Å². The first-order chi connectivity index (χ1) is 8.16. The molecule has 1 aromatic rings. The Hall–Kier alpha value is -0.540. The second-order valence-electron chi connectivity index (χ2n) is 4.97. The van der Waals surface area contributed by atoms with Crippen LogP contribution in [0.25, 0.3) is 0 Å². The third-order valence-corrected chi connectivity index (χ3v) is 4.13. The summed E-state index contributed by atoms with van der Waals surface area (Å²) in [7, 11) is 2.24. The number of piperidine rings is 1. The fourth-order valence-corrected chi connectivity index (χ4v) is 2.93. The number of rotatable bonds is 3. The minimum atomic E-state index is 0.687. The van der Waals surface area contributed by atoms with Gasteiger partial charge in [0, 0.05) is 22.7 Å². The van der Waals surface area contributed by atoms with Crippen molar-refractivity contribution < 1.29 is 0 Å². The molecule has 17 heavy (non-hydrogen) atoms. The van der Waals surface area contributed by atoms with Crippen LogP contribution in [0.1, 0.15) is 24.8 Å². The maximum atomic E-state index is 3.58. The Kier molecular flexibility index (Phi) is 4.46. The number of nitrogens with one attached hydrogen (secondary N) is 1. The van der Waals surface area contributed by atoms with Gasteiger partial charge >= 0.3 is 0 Å². The number of benzene rings is 1. The maximum Gasteiger partial charge on any atom is 0.0371 e. The molecule has 0 radical (unpaired) electrons. The minimum Gasteiger partial charge on any atom is -0.383 e. The average Bonchev–Trinajstić information content (AvgIpc) is 2.30. The second kappa shape index (κ2) is 5.87. The fraction of sp³-hybridized carbons (Fsp3) is 0.571. The number of hydrogen-bond acceptors (Lipinski definition) is 2. The monoisotopic (exact) mass is 296 g/mol. The molecule has 2 rings (SSSR count). The Bertz CT molecular complexity index is 378. The normalized spacial score (nSPS) is 21.5. The zero-order valence-corrected chi connectivity index (χ0v) is 12.3. The van der Waals surface area contributed by atoms with Crippen molar-refractivity contribution in [1.29, 1.82) is 0 Å². The van der Waals surface area contributed by atoms with Crippen LogP contribution in [-0.4, -0.2) is 31.1 Å². The van der Waals surface area contributed by atoms with Gasteiger partial charge in [-0.15, -0.1) is 0 Å². The molecule has 1 aliphatic rings. The molecule has 0 aromatic heterocycles. The van der Waals surface area contributed by atoms with Gasteiger partial charge in [-0.3, -0.25) is 0 Å². The lowest BCUT2D eigenvalue weighted by molar-refractivity contribution is 0.194. The number of nitrogens with zero attached hydrogens (tertiary/aromatic N) is 1. The zero-order chi connectivity index (χ0) is 12.3. The van der Waals surface area contributed by atoms with Gasteiger partial charge in [0.05, 0.1) is 0 Å². The Morgan fingerprint density at radius 2 is 2.24 bits per heavy atom. The van der Waals surface area contributed by atoms with Crippen LogP contribution in [0.3, 0.4) is 0 Å². The van der Waals surface area contributed by atoms with E-state index >= 15 is 0 Å². The molecule has 1 N–H and O–H groups in total. The van der Waals surface area contributed by atoms with E-state index in [9.17, 15) is 0 Å². The van der Waals surface area contributed by atoms with Gasteiger partial charge in [-0.25, -0.2) is 0 Å². The molecule has 0 aliphatic carbocycles. The highest BCUT2D eigenvalue weighted by atomic mass is 79.9. The number of likely N-dealkylation sites (tertiary alicyclic amines) is 1. The molecular formula is C14H21BrN2. The molecule has 1 unspecified atom stereocenters. The lowest BCUT2D eigenvalue weighted by Gasteiger charge is -2.32. The van der Waals surface area contributed by atoms with Crippen LogP contribution in [0.2, 0.25) is 0 Å².